The summed E-state index contributed by atoms with van der Waals surface area (Å²) in [4.78, 5) is 19.7. The van der Waals surface area contributed by atoms with Crippen LogP contribution >= 0.6 is 11.3 Å². The fourth-order valence-electron chi connectivity index (χ4n) is 3.05. The number of methoxy groups -OCH3 is 2. The molecule has 1 aromatic carbocycles. The number of hydrogen-bond acceptors (Lipinski definition) is 5. The number of amides is 1. The van der Waals surface area contributed by atoms with Crippen LogP contribution in [0.25, 0.3) is 0 Å². The molecular weight excluding hydrogens is 312 g/mol. The third-order valence-electron chi connectivity index (χ3n) is 4.25. The summed E-state index contributed by atoms with van der Waals surface area (Å²) in [6.07, 6.45) is 1.96. The Labute approximate surface area is 139 Å². The fraction of sp³-hybridized carbons (Fsp3) is 0.412. The molecule has 122 valence electrons. The molecule has 0 aliphatic carbocycles. The van der Waals surface area contributed by atoms with Crippen LogP contribution in [0, 0.1) is 6.92 Å². The summed E-state index contributed by atoms with van der Waals surface area (Å²) < 4.78 is 10.7. The quantitative estimate of drug-likeness (QED) is 0.860. The maximum absolute atomic E-state index is 12.8. The zero-order chi connectivity index (χ0) is 16.4. The van der Waals surface area contributed by atoms with Crippen LogP contribution < -0.4 is 9.47 Å². The summed E-state index contributed by atoms with van der Waals surface area (Å²) in [6.45, 7) is 2.65. The molecule has 1 atom stereocenters. The van der Waals surface area contributed by atoms with Gasteiger partial charge >= 0.3 is 0 Å². The highest BCUT2D eigenvalue weighted by molar-refractivity contribution is 7.11. The lowest BCUT2D eigenvalue weighted by Crippen LogP contribution is -2.30. The Kier molecular flexibility index (Phi) is 4.52. The average Bonchev–Trinajstić information content (AvgIpc) is 3.22. The summed E-state index contributed by atoms with van der Waals surface area (Å²) in [6, 6.07) is 5.95. The van der Waals surface area contributed by atoms with Gasteiger partial charge in [-0.15, -0.1) is 11.3 Å². The standard InChI is InChI=1S/C17H20N2O3S/c1-11-16(23-10-18-11)17(20)19-8-4-5-13(19)12-6-7-14(21-2)15(9-12)22-3/h6-7,9-10,13H,4-5,8H2,1-3H3/t13-/m0/s1. The Morgan fingerprint density at radius 1 is 1.30 bits per heavy atom. The predicted molar refractivity (Wildman–Crippen MR) is 89.4 cm³/mol. The number of thiazole rings is 1. The predicted octanol–water partition coefficient (Wildman–Crippen LogP) is 3.45. The van der Waals surface area contributed by atoms with Gasteiger partial charge in [-0.1, -0.05) is 6.07 Å². The third-order valence-corrected chi connectivity index (χ3v) is 5.16. The minimum atomic E-state index is 0.0716. The highest BCUT2D eigenvalue weighted by Crippen LogP contribution is 2.38. The molecule has 2 heterocycles. The Balaban J connectivity index is 1.90. The van der Waals surface area contributed by atoms with Gasteiger partial charge in [-0.05, 0) is 37.5 Å². The number of ether oxygens (including phenoxy) is 2. The van der Waals surface area contributed by atoms with Crippen molar-refractivity contribution in [3.8, 4) is 11.5 Å². The molecule has 1 amide bonds. The first kappa shape index (κ1) is 15.8. The monoisotopic (exact) mass is 332 g/mol. The molecule has 0 spiro atoms. The van der Waals surface area contributed by atoms with Crippen LogP contribution in [-0.2, 0) is 0 Å². The topological polar surface area (TPSA) is 51.7 Å². The number of rotatable bonds is 4. The number of nitrogens with zero attached hydrogens (tertiary/aromatic N) is 2. The van der Waals surface area contributed by atoms with Gasteiger partial charge in [-0.3, -0.25) is 4.79 Å². The van der Waals surface area contributed by atoms with E-state index in [9.17, 15) is 4.79 Å². The highest BCUT2D eigenvalue weighted by Gasteiger charge is 2.32. The van der Waals surface area contributed by atoms with Crippen LogP contribution in [0.1, 0.15) is 39.8 Å². The maximum atomic E-state index is 12.8. The second-order valence-corrected chi connectivity index (χ2v) is 6.39. The Bertz CT molecular complexity index is 714. The van der Waals surface area contributed by atoms with E-state index in [1.165, 1.54) is 11.3 Å². The molecule has 1 aliphatic rings. The summed E-state index contributed by atoms with van der Waals surface area (Å²) in [7, 11) is 3.25. The van der Waals surface area contributed by atoms with Crippen molar-refractivity contribution in [2.45, 2.75) is 25.8 Å². The molecule has 2 aromatic rings. The molecule has 1 aromatic heterocycles. The van der Waals surface area contributed by atoms with E-state index in [-0.39, 0.29) is 11.9 Å². The molecule has 0 radical (unpaired) electrons. The van der Waals surface area contributed by atoms with Gasteiger partial charge in [0.05, 0.1) is 31.5 Å². The molecule has 0 N–H and O–H groups in total. The first-order chi connectivity index (χ1) is 11.2. The molecule has 5 nitrogen and oxygen atoms in total. The molecule has 0 bridgehead atoms. The van der Waals surface area contributed by atoms with E-state index in [1.54, 1.807) is 19.7 Å². The number of likely N-dealkylation sites (tertiary alicyclic amines) is 1. The first-order valence-electron chi connectivity index (χ1n) is 7.58. The summed E-state index contributed by atoms with van der Waals surface area (Å²) in [5.41, 5.74) is 3.61. The SMILES string of the molecule is COc1ccc([C@@H]2CCCN2C(=O)c2scnc2C)cc1OC. The third kappa shape index (κ3) is 2.91. The summed E-state index contributed by atoms with van der Waals surface area (Å²) >= 11 is 1.41. The second-order valence-electron chi connectivity index (χ2n) is 5.54. The van der Waals surface area contributed by atoms with Gasteiger partial charge < -0.3 is 14.4 Å². The van der Waals surface area contributed by atoms with Crippen LogP contribution in [0.4, 0.5) is 0 Å². The van der Waals surface area contributed by atoms with Crippen molar-refractivity contribution in [1.82, 2.24) is 9.88 Å². The van der Waals surface area contributed by atoms with Gasteiger partial charge in [0.2, 0.25) is 0 Å². The molecule has 1 saturated heterocycles. The number of hydrogen-bond donors (Lipinski definition) is 0. The van der Waals surface area contributed by atoms with Gasteiger partial charge in [0.1, 0.15) is 4.88 Å². The summed E-state index contributed by atoms with van der Waals surface area (Å²) in [5.74, 6) is 1.46. The molecular formula is C17H20N2O3S. The van der Waals surface area contributed by atoms with Crippen molar-refractivity contribution in [3.63, 3.8) is 0 Å². The molecule has 23 heavy (non-hydrogen) atoms. The number of aromatic nitrogens is 1. The van der Waals surface area contributed by atoms with Crippen molar-refractivity contribution in [3.05, 3.63) is 39.8 Å². The molecule has 0 saturated carbocycles. The molecule has 1 fully saturated rings. The fourth-order valence-corrected chi connectivity index (χ4v) is 3.81. The number of aryl methyl sites for hydroxylation is 1. The van der Waals surface area contributed by atoms with Crippen molar-refractivity contribution in [1.29, 1.82) is 0 Å². The molecule has 0 unspecified atom stereocenters. The van der Waals surface area contributed by atoms with E-state index in [2.05, 4.69) is 4.98 Å². The molecule has 3 rings (SSSR count). The van der Waals surface area contributed by atoms with Crippen LogP contribution in [0.5, 0.6) is 11.5 Å². The average molecular weight is 332 g/mol. The van der Waals surface area contributed by atoms with Crippen LogP contribution in [0.3, 0.4) is 0 Å². The van der Waals surface area contributed by atoms with Gasteiger partial charge in [0, 0.05) is 6.54 Å². The van der Waals surface area contributed by atoms with Gasteiger partial charge in [-0.25, -0.2) is 4.98 Å². The normalized spacial score (nSPS) is 17.3. The smallest absolute Gasteiger partial charge is 0.266 e. The van der Waals surface area contributed by atoms with Crippen molar-refractivity contribution < 1.29 is 14.3 Å². The number of carbonyl (C=O) groups excluding carboxylic acids is 1. The minimum Gasteiger partial charge on any atom is -0.493 e. The Morgan fingerprint density at radius 2 is 2.09 bits per heavy atom. The van der Waals surface area contributed by atoms with E-state index < -0.39 is 0 Å². The zero-order valence-corrected chi connectivity index (χ0v) is 14.4. The Hall–Kier alpha value is -2.08. The van der Waals surface area contributed by atoms with Crippen molar-refractivity contribution in [2.24, 2.45) is 0 Å². The maximum Gasteiger partial charge on any atom is 0.266 e. The van der Waals surface area contributed by atoms with E-state index in [4.69, 9.17) is 9.47 Å². The van der Waals surface area contributed by atoms with Gasteiger partial charge in [0.15, 0.2) is 11.5 Å². The largest absolute Gasteiger partial charge is 0.493 e. The van der Waals surface area contributed by atoms with E-state index in [0.29, 0.717) is 11.5 Å². The number of carbonyl (C=O) groups is 1. The van der Waals surface area contributed by atoms with Gasteiger partial charge in [-0.2, -0.15) is 0 Å². The lowest BCUT2D eigenvalue weighted by Gasteiger charge is -2.25. The zero-order valence-electron chi connectivity index (χ0n) is 13.5. The minimum absolute atomic E-state index is 0.0716. The van der Waals surface area contributed by atoms with E-state index in [0.717, 1.165) is 35.5 Å². The van der Waals surface area contributed by atoms with E-state index in [1.807, 2.05) is 30.0 Å². The lowest BCUT2D eigenvalue weighted by atomic mass is 10.0. The van der Waals surface area contributed by atoms with Crippen LogP contribution in [0.2, 0.25) is 0 Å². The molecule has 6 heteroatoms. The highest BCUT2D eigenvalue weighted by atomic mass is 32.1. The van der Waals surface area contributed by atoms with E-state index >= 15 is 0 Å². The lowest BCUT2D eigenvalue weighted by molar-refractivity contribution is 0.0739. The number of benzene rings is 1. The Morgan fingerprint density at radius 3 is 2.74 bits per heavy atom. The second kappa shape index (κ2) is 6.58. The summed E-state index contributed by atoms with van der Waals surface area (Å²) in [5, 5.41) is 0. The van der Waals surface area contributed by atoms with Crippen molar-refractivity contribution in [2.75, 3.05) is 20.8 Å². The van der Waals surface area contributed by atoms with Crippen LogP contribution in [-0.4, -0.2) is 36.6 Å². The van der Waals surface area contributed by atoms with Crippen molar-refractivity contribution >= 4 is 17.2 Å². The van der Waals surface area contributed by atoms with Crippen LogP contribution in [0.15, 0.2) is 23.7 Å². The van der Waals surface area contributed by atoms with Gasteiger partial charge in [0.25, 0.3) is 5.91 Å². The first-order valence-corrected chi connectivity index (χ1v) is 8.46. The molecule has 1 aliphatic heterocycles.